The molecule has 4 heteroatoms. The molecule has 0 saturated carbocycles. The van der Waals surface area contributed by atoms with Gasteiger partial charge in [-0.25, -0.2) is 0 Å². The Morgan fingerprint density at radius 3 is 2.46 bits per heavy atom. The Bertz CT molecular complexity index is 796. The van der Waals surface area contributed by atoms with Crippen LogP contribution in [0.1, 0.15) is 42.5 Å². The lowest BCUT2D eigenvalue weighted by atomic mass is 9.75. The van der Waals surface area contributed by atoms with Crippen molar-refractivity contribution >= 4 is 0 Å². The summed E-state index contributed by atoms with van der Waals surface area (Å²) in [7, 11) is 1.74. The lowest BCUT2D eigenvalue weighted by molar-refractivity contribution is -0.00898. The molecule has 28 heavy (non-hydrogen) atoms. The van der Waals surface area contributed by atoms with Crippen LogP contribution in [-0.4, -0.2) is 53.6 Å². The molecule has 2 bridgehead atoms. The number of methoxy groups -OCH3 is 1. The Kier molecular flexibility index (Phi) is 4.85. The van der Waals surface area contributed by atoms with Crippen LogP contribution >= 0.6 is 0 Å². The number of hydrogen-bond donors (Lipinski definition) is 0. The van der Waals surface area contributed by atoms with Crippen molar-refractivity contribution in [1.29, 1.82) is 0 Å². The summed E-state index contributed by atoms with van der Waals surface area (Å²) in [6.07, 6.45) is 5.82. The van der Waals surface area contributed by atoms with E-state index in [0.29, 0.717) is 18.0 Å². The maximum Gasteiger partial charge on any atom is 0.118 e. The molecule has 0 aliphatic carbocycles. The second-order valence-electron chi connectivity index (χ2n) is 8.68. The van der Waals surface area contributed by atoms with Crippen molar-refractivity contribution in [2.75, 3.05) is 26.7 Å². The summed E-state index contributed by atoms with van der Waals surface area (Å²) in [5.74, 6) is 2.36. The van der Waals surface area contributed by atoms with E-state index in [2.05, 4.69) is 59.3 Å². The third kappa shape index (κ3) is 3.13. The topological polar surface area (TPSA) is 28.6 Å². The normalized spacial score (nSPS) is 31.7. The number of likely N-dealkylation sites (tertiary alicyclic amines) is 1. The lowest BCUT2D eigenvalue weighted by Gasteiger charge is -2.51. The van der Waals surface area contributed by atoms with E-state index in [0.717, 1.165) is 31.2 Å². The highest BCUT2D eigenvalue weighted by Crippen LogP contribution is 2.47. The van der Waals surface area contributed by atoms with Crippen LogP contribution < -0.4 is 4.74 Å². The number of rotatable bonds is 5. The van der Waals surface area contributed by atoms with Gasteiger partial charge in [0.15, 0.2) is 0 Å². The van der Waals surface area contributed by atoms with Gasteiger partial charge in [0.25, 0.3) is 0 Å². The molecule has 6 rings (SSSR count). The summed E-state index contributed by atoms with van der Waals surface area (Å²) in [5, 5.41) is 0. The smallest absolute Gasteiger partial charge is 0.118 e. The highest BCUT2D eigenvalue weighted by molar-refractivity contribution is 5.33. The summed E-state index contributed by atoms with van der Waals surface area (Å²) >= 11 is 0. The maximum absolute atomic E-state index is 5.38. The van der Waals surface area contributed by atoms with Crippen LogP contribution in [0.25, 0.3) is 0 Å². The summed E-state index contributed by atoms with van der Waals surface area (Å²) in [6, 6.07) is 14.6. The van der Waals surface area contributed by atoms with Crippen molar-refractivity contribution in [3.63, 3.8) is 0 Å². The van der Waals surface area contributed by atoms with Crippen LogP contribution in [0.15, 0.2) is 42.6 Å². The first-order chi connectivity index (χ1) is 13.8. The van der Waals surface area contributed by atoms with Crippen molar-refractivity contribution in [3.8, 4) is 5.75 Å². The predicted molar refractivity (Wildman–Crippen MR) is 112 cm³/mol. The molecule has 2 aromatic rings. The highest BCUT2D eigenvalue weighted by atomic mass is 16.5. The summed E-state index contributed by atoms with van der Waals surface area (Å²) in [4.78, 5) is 10.3. The van der Waals surface area contributed by atoms with Gasteiger partial charge in [0, 0.05) is 37.3 Å². The molecule has 3 atom stereocenters. The summed E-state index contributed by atoms with van der Waals surface area (Å²) in [5.41, 5.74) is 3.99. The average Bonchev–Trinajstić information content (AvgIpc) is 3.17. The Morgan fingerprint density at radius 2 is 1.82 bits per heavy atom. The average molecular weight is 378 g/mol. The van der Waals surface area contributed by atoms with Crippen LogP contribution in [0.4, 0.5) is 0 Å². The maximum atomic E-state index is 5.38. The van der Waals surface area contributed by atoms with E-state index in [1.54, 1.807) is 7.11 Å². The molecule has 4 nitrogen and oxygen atoms in total. The Morgan fingerprint density at radius 1 is 1.04 bits per heavy atom. The summed E-state index contributed by atoms with van der Waals surface area (Å²) < 4.78 is 5.38. The minimum atomic E-state index is 0.578. The first-order valence-corrected chi connectivity index (χ1v) is 10.8. The van der Waals surface area contributed by atoms with Crippen LogP contribution in [0.3, 0.4) is 0 Å². The molecule has 1 aromatic carbocycles. The molecular formula is C24H31N3O. The van der Waals surface area contributed by atoms with E-state index in [9.17, 15) is 0 Å². The molecule has 4 saturated heterocycles. The molecule has 148 valence electrons. The predicted octanol–water partition coefficient (Wildman–Crippen LogP) is 3.71. The van der Waals surface area contributed by atoms with Crippen molar-refractivity contribution < 1.29 is 4.74 Å². The Balaban J connectivity index is 1.42. The fraction of sp³-hybridized carbons (Fsp3) is 0.542. The standard InChI is InChI=1S/C24H31N3O/c1-3-17-4-7-20(25-14-17)15-27-16-22(18-5-8-21(28-2)9-6-18)24-23(27)19-10-12-26(24)13-11-19/h4-9,14,19,22-24H,3,10-13,15-16H2,1-2H3/t22-,23+,24+/m0/s1. The Labute approximate surface area is 168 Å². The molecule has 4 aliphatic heterocycles. The SMILES string of the molecule is CCc1ccc(CN2C[C@@H](c3ccc(OC)cc3)[C@@H]3[C@H]2C2CCN3CC2)nc1. The number of benzene rings is 1. The van der Waals surface area contributed by atoms with Gasteiger partial charge >= 0.3 is 0 Å². The van der Waals surface area contributed by atoms with Crippen LogP contribution in [0.5, 0.6) is 5.75 Å². The number of piperidine rings is 3. The molecule has 0 unspecified atom stereocenters. The van der Waals surface area contributed by atoms with Crippen LogP contribution in [0.2, 0.25) is 0 Å². The molecule has 0 spiro atoms. The number of nitrogens with zero attached hydrogens (tertiary/aromatic N) is 3. The van der Waals surface area contributed by atoms with Crippen molar-refractivity contribution in [2.24, 2.45) is 5.92 Å². The number of pyridine rings is 1. The largest absolute Gasteiger partial charge is 0.497 e. The minimum Gasteiger partial charge on any atom is -0.497 e. The number of ether oxygens (including phenoxy) is 1. The first-order valence-electron chi connectivity index (χ1n) is 10.8. The van der Waals surface area contributed by atoms with Gasteiger partial charge in [-0.05, 0) is 67.6 Å². The van der Waals surface area contributed by atoms with Gasteiger partial charge < -0.3 is 4.74 Å². The van der Waals surface area contributed by atoms with E-state index < -0.39 is 0 Å². The first kappa shape index (κ1) is 18.1. The fourth-order valence-corrected chi connectivity index (χ4v) is 5.83. The highest BCUT2D eigenvalue weighted by Gasteiger charge is 2.53. The van der Waals surface area contributed by atoms with Crippen molar-refractivity contribution in [2.45, 2.75) is 50.7 Å². The van der Waals surface area contributed by atoms with Gasteiger partial charge in [-0.1, -0.05) is 25.1 Å². The number of aromatic nitrogens is 1. The van der Waals surface area contributed by atoms with Crippen molar-refractivity contribution in [3.05, 3.63) is 59.4 Å². The molecule has 4 aliphatic rings. The zero-order valence-corrected chi connectivity index (χ0v) is 17.1. The van der Waals surface area contributed by atoms with Gasteiger partial charge in [0.05, 0.1) is 12.8 Å². The molecule has 1 aromatic heterocycles. The quantitative estimate of drug-likeness (QED) is 0.794. The van der Waals surface area contributed by atoms with Gasteiger partial charge in [0.1, 0.15) is 5.75 Å². The second kappa shape index (κ2) is 7.49. The van der Waals surface area contributed by atoms with E-state index in [-0.39, 0.29) is 0 Å². The Hall–Kier alpha value is -1.91. The monoisotopic (exact) mass is 377 g/mol. The van der Waals surface area contributed by atoms with Gasteiger partial charge in [0.2, 0.25) is 0 Å². The fourth-order valence-electron chi connectivity index (χ4n) is 5.83. The van der Waals surface area contributed by atoms with Gasteiger partial charge in [-0.15, -0.1) is 0 Å². The number of hydrogen-bond acceptors (Lipinski definition) is 4. The molecule has 4 fully saturated rings. The second-order valence-corrected chi connectivity index (χ2v) is 8.68. The van der Waals surface area contributed by atoms with E-state index in [1.165, 1.54) is 42.8 Å². The summed E-state index contributed by atoms with van der Waals surface area (Å²) in [6.45, 7) is 6.84. The van der Waals surface area contributed by atoms with Gasteiger partial charge in [-0.2, -0.15) is 0 Å². The zero-order chi connectivity index (χ0) is 19.1. The van der Waals surface area contributed by atoms with E-state index in [1.807, 2.05) is 0 Å². The van der Waals surface area contributed by atoms with E-state index in [4.69, 9.17) is 9.72 Å². The lowest BCUT2D eigenvalue weighted by Crippen LogP contribution is -2.60. The number of fused-ring (bicyclic) bond motifs is 2. The third-order valence-electron chi connectivity index (χ3n) is 7.30. The van der Waals surface area contributed by atoms with Crippen LogP contribution in [0, 0.1) is 5.92 Å². The number of aryl methyl sites for hydroxylation is 1. The molecule has 5 heterocycles. The molecular weight excluding hydrogens is 346 g/mol. The minimum absolute atomic E-state index is 0.578. The van der Waals surface area contributed by atoms with Gasteiger partial charge in [-0.3, -0.25) is 14.8 Å². The molecule has 0 N–H and O–H groups in total. The zero-order valence-electron chi connectivity index (χ0n) is 17.1. The van der Waals surface area contributed by atoms with E-state index >= 15 is 0 Å². The molecule has 0 amide bonds. The van der Waals surface area contributed by atoms with Crippen molar-refractivity contribution in [1.82, 2.24) is 14.8 Å². The third-order valence-corrected chi connectivity index (χ3v) is 7.30. The van der Waals surface area contributed by atoms with Crippen LogP contribution in [-0.2, 0) is 13.0 Å². The molecule has 0 radical (unpaired) electrons.